The van der Waals surface area contributed by atoms with Gasteiger partial charge in [0.05, 0.1) is 29.2 Å². The van der Waals surface area contributed by atoms with Crippen molar-refractivity contribution in [2.75, 3.05) is 18.6 Å². The fourth-order valence-electron chi connectivity index (χ4n) is 4.23. The van der Waals surface area contributed by atoms with Gasteiger partial charge >= 0.3 is 6.18 Å². The molecule has 2 heterocycles. The lowest BCUT2D eigenvalue weighted by molar-refractivity contribution is -0.576. The quantitative estimate of drug-likeness (QED) is 0.211. The lowest BCUT2D eigenvalue weighted by Crippen LogP contribution is -2.34. The van der Waals surface area contributed by atoms with Gasteiger partial charge in [-0.2, -0.15) is 17.9 Å². The number of methoxy groups -OCH3 is 1. The summed E-state index contributed by atoms with van der Waals surface area (Å²) in [4.78, 5) is 27.2. The van der Waals surface area contributed by atoms with Gasteiger partial charge in [0, 0.05) is 18.7 Å². The van der Waals surface area contributed by atoms with E-state index in [1.807, 2.05) is 0 Å². The Hall–Kier alpha value is -4.64. The number of carbonyl (C=O) groups is 2. The average Bonchev–Trinajstić information content (AvgIpc) is 3.16. The Morgan fingerprint density at radius 3 is 2.18 bits per heavy atom. The minimum absolute atomic E-state index is 0.0146. The molecule has 3 aromatic carbocycles. The summed E-state index contributed by atoms with van der Waals surface area (Å²) in [5, 5.41) is 20.8. The maximum Gasteiger partial charge on any atom is 0.416 e. The van der Waals surface area contributed by atoms with Crippen LogP contribution in [0.1, 0.15) is 38.8 Å². The normalized spacial score (nSPS) is 12.7. The van der Waals surface area contributed by atoms with E-state index in [9.17, 15) is 28.0 Å². The largest absolute Gasteiger partial charge is 0.618 e. The molecule has 1 N–H and O–H groups in total. The third-order valence-corrected chi connectivity index (χ3v) is 5.91. The standard InChI is InChI=1S/C26H17F3N2O5.C2H6O/c1-14-10-11-30(34)22-19(31-24(32)17-8-3-4-9-18(17)25(31)33)13-20(35-2)23(21(14)22)36-16-7-5-6-15(12-16)26(27,28)29;1-2-3/h3-13H,1-2H3;3H,2H2,1H3. The summed E-state index contributed by atoms with van der Waals surface area (Å²) >= 11 is 0. The van der Waals surface area contributed by atoms with Crippen LogP contribution < -0.4 is 19.1 Å². The van der Waals surface area contributed by atoms with E-state index in [0.717, 1.165) is 17.0 Å². The number of aromatic nitrogens is 1. The number of benzene rings is 3. The Balaban J connectivity index is 0.00000112. The second-order valence-electron chi connectivity index (χ2n) is 8.41. The third kappa shape index (κ3) is 4.96. The molecule has 0 bridgehead atoms. The third-order valence-electron chi connectivity index (χ3n) is 5.91. The Morgan fingerprint density at radius 1 is 1.00 bits per heavy atom. The number of ether oxygens (including phenoxy) is 2. The molecular formula is C28H23F3N2O6. The van der Waals surface area contributed by atoms with Crippen molar-refractivity contribution in [2.45, 2.75) is 20.0 Å². The van der Waals surface area contributed by atoms with E-state index in [1.165, 1.54) is 49.7 Å². The predicted octanol–water partition coefficient (Wildman–Crippen LogP) is 5.40. The number of halogens is 3. The van der Waals surface area contributed by atoms with Crippen LogP contribution in [0.2, 0.25) is 0 Å². The second-order valence-corrected chi connectivity index (χ2v) is 8.41. The maximum absolute atomic E-state index is 13.2. The number of pyridine rings is 1. The number of hydrogen-bond acceptors (Lipinski definition) is 6. The zero-order valence-electron chi connectivity index (χ0n) is 21.1. The molecule has 202 valence electrons. The first kappa shape index (κ1) is 27.4. The summed E-state index contributed by atoms with van der Waals surface area (Å²) in [6, 6.07) is 13.3. The average molecular weight is 540 g/mol. The minimum atomic E-state index is -4.59. The number of aliphatic hydroxyl groups is 1. The highest BCUT2D eigenvalue weighted by Crippen LogP contribution is 2.45. The maximum atomic E-state index is 13.2. The number of anilines is 1. The zero-order chi connectivity index (χ0) is 28.5. The van der Waals surface area contributed by atoms with Gasteiger partial charge in [-0.05, 0) is 49.7 Å². The van der Waals surface area contributed by atoms with Crippen molar-refractivity contribution < 1.29 is 42.1 Å². The van der Waals surface area contributed by atoms with Crippen LogP contribution in [-0.4, -0.2) is 30.6 Å². The monoisotopic (exact) mass is 540 g/mol. The van der Waals surface area contributed by atoms with Gasteiger partial charge in [-0.3, -0.25) is 9.59 Å². The first-order valence-electron chi connectivity index (χ1n) is 11.7. The van der Waals surface area contributed by atoms with Crippen LogP contribution in [0.3, 0.4) is 0 Å². The molecule has 0 radical (unpaired) electrons. The molecule has 39 heavy (non-hydrogen) atoms. The van der Waals surface area contributed by atoms with Crippen molar-refractivity contribution in [3.05, 3.63) is 94.3 Å². The fraction of sp³-hybridized carbons (Fsp3) is 0.179. The lowest BCUT2D eigenvalue weighted by atomic mass is 10.1. The number of alkyl halides is 3. The molecule has 0 saturated heterocycles. The summed E-state index contributed by atoms with van der Waals surface area (Å²) in [5.74, 6) is -1.40. The second kappa shape index (κ2) is 10.6. The fourth-order valence-corrected chi connectivity index (χ4v) is 4.23. The van der Waals surface area contributed by atoms with Gasteiger partial charge in [-0.1, -0.05) is 18.2 Å². The molecule has 8 nitrogen and oxygen atoms in total. The zero-order valence-corrected chi connectivity index (χ0v) is 21.1. The molecule has 0 fully saturated rings. The van der Waals surface area contributed by atoms with Crippen LogP contribution >= 0.6 is 0 Å². The molecule has 11 heteroatoms. The SMILES string of the molecule is CCO.COc1cc(N2C(=O)c3ccccc3C2=O)c2c(c(C)cc[n+]2[O-])c1Oc1cccc(C(F)(F)F)c1. The topological polar surface area (TPSA) is 103 Å². The smallest absolute Gasteiger partial charge is 0.416 e. The van der Waals surface area contributed by atoms with Crippen molar-refractivity contribution in [3.63, 3.8) is 0 Å². The molecule has 1 aliphatic rings. The molecule has 0 aliphatic carbocycles. The lowest BCUT2D eigenvalue weighted by Gasteiger charge is -2.20. The molecule has 0 atom stereocenters. The van der Waals surface area contributed by atoms with Crippen LogP contribution in [0.4, 0.5) is 18.9 Å². The van der Waals surface area contributed by atoms with E-state index < -0.39 is 23.6 Å². The van der Waals surface area contributed by atoms with Crippen molar-refractivity contribution in [1.29, 1.82) is 0 Å². The first-order chi connectivity index (χ1) is 18.5. The number of fused-ring (bicyclic) bond motifs is 2. The van der Waals surface area contributed by atoms with E-state index in [4.69, 9.17) is 14.6 Å². The van der Waals surface area contributed by atoms with Gasteiger partial charge in [0.2, 0.25) is 0 Å². The molecule has 0 unspecified atom stereocenters. The molecule has 5 rings (SSSR count). The van der Waals surface area contributed by atoms with Crippen molar-refractivity contribution in [2.24, 2.45) is 0 Å². The Morgan fingerprint density at radius 2 is 1.62 bits per heavy atom. The molecule has 2 amide bonds. The molecule has 0 spiro atoms. The summed E-state index contributed by atoms with van der Waals surface area (Å²) in [7, 11) is 1.30. The predicted molar refractivity (Wildman–Crippen MR) is 136 cm³/mol. The number of aliphatic hydroxyl groups excluding tert-OH is 1. The highest BCUT2D eigenvalue weighted by molar-refractivity contribution is 6.36. The van der Waals surface area contributed by atoms with Crippen molar-refractivity contribution in [1.82, 2.24) is 0 Å². The van der Waals surface area contributed by atoms with Gasteiger partial charge in [-0.25, -0.2) is 4.90 Å². The molecule has 1 aromatic heterocycles. The van der Waals surface area contributed by atoms with Crippen LogP contribution in [0.15, 0.2) is 66.9 Å². The van der Waals surface area contributed by atoms with E-state index in [2.05, 4.69) is 0 Å². The summed E-state index contributed by atoms with van der Waals surface area (Å²) in [6.07, 6.45) is -3.38. The molecule has 0 saturated carbocycles. The van der Waals surface area contributed by atoms with Gasteiger partial charge in [0.15, 0.2) is 17.7 Å². The molecule has 4 aromatic rings. The number of imide groups is 1. The van der Waals surface area contributed by atoms with E-state index in [1.54, 1.807) is 26.0 Å². The first-order valence-corrected chi connectivity index (χ1v) is 11.7. The van der Waals surface area contributed by atoms with Crippen LogP contribution in [0, 0.1) is 12.1 Å². The highest BCUT2D eigenvalue weighted by Gasteiger charge is 2.40. The summed E-state index contributed by atoms with van der Waals surface area (Å²) < 4.78 is 51.5. The molecule has 1 aliphatic heterocycles. The van der Waals surface area contributed by atoms with E-state index >= 15 is 0 Å². The highest BCUT2D eigenvalue weighted by atomic mass is 19.4. The van der Waals surface area contributed by atoms with Crippen molar-refractivity contribution in [3.8, 4) is 17.2 Å². The Bertz CT molecular complexity index is 1550. The van der Waals surface area contributed by atoms with Crippen LogP contribution in [0.5, 0.6) is 17.2 Å². The van der Waals surface area contributed by atoms with Gasteiger partial charge in [0.25, 0.3) is 17.3 Å². The van der Waals surface area contributed by atoms with Crippen LogP contribution in [0.25, 0.3) is 10.9 Å². The number of rotatable bonds is 4. The minimum Gasteiger partial charge on any atom is -0.618 e. The van der Waals surface area contributed by atoms with Crippen LogP contribution in [-0.2, 0) is 6.18 Å². The van der Waals surface area contributed by atoms with Gasteiger partial charge in [-0.15, -0.1) is 0 Å². The summed E-state index contributed by atoms with van der Waals surface area (Å²) in [6.45, 7) is 3.59. The van der Waals surface area contributed by atoms with E-state index in [0.29, 0.717) is 10.3 Å². The Kier molecular flexibility index (Phi) is 7.46. The van der Waals surface area contributed by atoms with E-state index in [-0.39, 0.29) is 51.6 Å². The number of hydrogen-bond donors (Lipinski definition) is 1. The number of nitrogens with zero attached hydrogens (tertiary/aromatic N) is 2. The van der Waals surface area contributed by atoms with Gasteiger partial charge in [0.1, 0.15) is 11.4 Å². The number of carbonyl (C=O) groups excluding carboxylic acids is 2. The Labute approximate surface area is 221 Å². The summed E-state index contributed by atoms with van der Waals surface area (Å²) in [5.41, 5.74) is -0.152. The number of aryl methyl sites for hydroxylation is 1. The number of amides is 2. The van der Waals surface area contributed by atoms with Crippen molar-refractivity contribution >= 4 is 28.4 Å². The molecular weight excluding hydrogens is 517 g/mol. The van der Waals surface area contributed by atoms with Gasteiger partial charge < -0.3 is 19.8 Å².